The fourth-order valence-corrected chi connectivity index (χ4v) is 2.91. The molecule has 2 aromatic rings. The van der Waals surface area contributed by atoms with E-state index in [2.05, 4.69) is 30.4 Å². The molecule has 1 unspecified atom stereocenters. The van der Waals surface area contributed by atoms with Gasteiger partial charge in [0.05, 0.1) is 13.1 Å². The Labute approximate surface area is 175 Å². The van der Waals surface area contributed by atoms with Gasteiger partial charge in [-0.15, -0.1) is 34.2 Å². The number of hydrogen-bond donors (Lipinski definition) is 2. The predicted molar refractivity (Wildman–Crippen MR) is 113 cm³/mol. The Bertz CT molecular complexity index is 749. The van der Waals surface area contributed by atoms with E-state index < -0.39 is 0 Å². The van der Waals surface area contributed by atoms with Gasteiger partial charge in [0.2, 0.25) is 0 Å². The number of aromatic nitrogens is 3. The van der Waals surface area contributed by atoms with Crippen LogP contribution in [0.1, 0.15) is 31.4 Å². The maximum atomic E-state index is 12.9. The summed E-state index contributed by atoms with van der Waals surface area (Å²) in [7, 11) is 1.72. The summed E-state index contributed by atoms with van der Waals surface area (Å²) in [6.07, 6.45) is 3.25. The second kappa shape index (κ2) is 10.4. The average molecular weight is 488 g/mol. The van der Waals surface area contributed by atoms with E-state index in [-0.39, 0.29) is 35.9 Å². The van der Waals surface area contributed by atoms with Gasteiger partial charge in [0, 0.05) is 20.0 Å². The molecule has 0 aliphatic carbocycles. The van der Waals surface area contributed by atoms with Crippen LogP contribution in [0.25, 0.3) is 0 Å². The molecule has 9 heteroatoms. The number of nitrogens with one attached hydrogen (secondary N) is 2. The summed E-state index contributed by atoms with van der Waals surface area (Å²) in [5, 5.41) is 15.0. The fraction of sp³-hybridized carbons (Fsp3) is 0.500. The number of halogens is 2. The highest BCUT2D eigenvalue weighted by molar-refractivity contribution is 14.0. The maximum Gasteiger partial charge on any atom is 0.191 e. The minimum Gasteiger partial charge on any atom is -0.489 e. The number of hydrogen-bond acceptors (Lipinski definition) is 4. The van der Waals surface area contributed by atoms with Crippen molar-refractivity contribution in [2.45, 2.75) is 45.4 Å². The van der Waals surface area contributed by atoms with E-state index in [1.807, 2.05) is 6.92 Å². The zero-order valence-electron chi connectivity index (χ0n) is 15.6. The molecule has 3 rings (SSSR count). The molecule has 0 spiro atoms. The zero-order chi connectivity index (χ0) is 18.4. The number of aryl methyl sites for hydroxylation is 1. The van der Waals surface area contributed by atoms with Crippen LogP contribution in [0.2, 0.25) is 0 Å². The van der Waals surface area contributed by atoms with Crippen molar-refractivity contribution in [1.29, 1.82) is 0 Å². The molecule has 2 N–H and O–H groups in total. The third kappa shape index (κ3) is 6.05. The van der Waals surface area contributed by atoms with Crippen molar-refractivity contribution in [2.75, 3.05) is 13.6 Å². The molecule has 1 atom stereocenters. The van der Waals surface area contributed by atoms with E-state index in [0.29, 0.717) is 24.8 Å². The molecule has 148 valence electrons. The van der Waals surface area contributed by atoms with Crippen LogP contribution in [0, 0.1) is 5.82 Å². The molecular formula is C18H26FIN6O. The molecule has 1 aromatic heterocycles. The van der Waals surface area contributed by atoms with Gasteiger partial charge in [-0.3, -0.25) is 4.99 Å². The number of ether oxygens (including phenoxy) is 1. The van der Waals surface area contributed by atoms with E-state index in [1.54, 1.807) is 19.2 Å². The summed E-state index contributed by atoms with van der Waals surface area (Å²) in [5.74, 6) is 3.03. The van der Waals surface area contributed by atoms with Crippen LogP contribution in [0.15, 0.2) is 29.3 Å². The minimum absolute atomic E-state index is 0. The Hall–Kier alpha value is -1.91. The van der Waals surface area contributed by atoms with Crippen molar-refractivity contribution >= 4 is 29.9 Å². The maximum absolute atomic E-state index is 12.9. The minimum atomic E-state index is -0.275. The van der Waals surface area contributed by atoms with Crippen LogP contribution in [0.5, 0.6) is 5.75 Å². The molecule has 0 saturated carbocycles. The number of benzene rings is 1. The fourth-order valence-electron chi connectivity index (χ4n) is 2.91. The van der Waals surface area contributed by atoms with Crippen LogP contribution in [0.3, 0.4) is 0 Å². The van der Waals surface area contributed by atoms with Gasteiger partial charge in [0.25, 0.3) is 0 Å². The van der Waals surface area contributed by atoms with Crippen LogP contribution in [-0.4, -0.2) is 40.4 Å². The lowest BCUT2D eigenvalue weighted by Gasteiger charge is -2.18. The summed E-state index contributed by atoms with van der Waals surface area (Å²) in [5.41, 5.74) is 0. The van der Waals surface area contributed by atoms with E-state index >= 15 is 0 Å². The highest BCUT2D eigenvalue weighted by Crippen LogP contribution is 2.14. The second-order valence-electron chi connectivity index (χ2n) is 6.33. The first-order valence-electron chi connectivity index (χ1n) is 8.93. The summed E-state index contributed by atoms with van der Waals surface area (Å²) >= 11 is 0. The number of rotatable bonds is 6. The number of nitrogens with zero attached hydrogens (tertiary/aromatic N) is 4. The summed E-state index contributed by atoms with van der Waals surface area (Å²) in [6, 6.07) is 6.01. The molecule has 0 radical (unpaired) electrons. The topological polar surface area (TPSA) is 76.4 Å². The molecule has 7 nitrogen and oxygen atoms in total. The highest BCUT2D eigenvalue weighted by atomic mass is 127. The molecule has 1 aliphatic rings. The van der Waals surface area contributed by atoms with Gasteiger partial charge < -0.3 is 19.9 Å². The Balaban J connectivity index is 0.00000261. The lowest BCUT2D eigenvalue weighted by Crippen LogP contribution is -2.41. The van der Waals surface area contributed by atoms with Crippen molar-refractivity contribution < 1.29 is 9.13 Å². The Morgan fingerprint density at radius 2 is 2.04 bits per heavy atom. The standard InChI is InChI=1S/C18H25FN6O.HI/c1-13(26-15-8-6-14(19)7-9-15)11-21-18(20-2)22-12-17-24-23-16-5-3-4-10-25(16)17;/h6-9,13H,3-5,10-12H2,1-2H3,(H2,20,21,22);1H. The molecule has 1 aliphatic heterocycles. The lowest BCUT2D eigenvalue weighted by atomic mass is 10.2. The summed E-state index contributed by atoms with van der Waals surface area (Å²) in [4.78, 5) is 4.22. The largest absolute Gasteiger partial charge is 0.489 e. The van der Waals surface area contributed by atoms with Gasteiger partial charge >= 0.3 is 0 Å². The van der Waals surface area contributed by atoms with Gasteiger partial charge in [-0.25, -0.2) is 4.39 Å². The molecular weight excluding hydrogens is 462 g/mol. The van der Waals surface area contributed by atoms with Gasteiger partial charge in [-0.2, -0.15) is 0 Å². The lowest BCUT2D eigenvalue weighted by molar-refractivity contribution is 0.223. The first-order valence-corrected chi connectivity index (χ1v) is 8.93. The molecule has 2 heterocycles. The third-order valence-electron chi connectivity index (χ3n) is 4.28. The van der Waals surface area contributed by atoms with Gasteiger partial charge in [0.15, 0.2) is 11.8 Å². The Morgan fingerprint density at radius 3 is 2.78 bits per heavy atom. The highest BCUT2D eigenvalue weighted by Gasteiger charge is 2.15. The Kier molecular flexibility index (Phi) is 8.26. The van der Waals surface area contributed by atoms with Crippen molar-refractivity contribution in [2.24, 2.45) is 4.99 Å². The number of fused-ring (bicyclic) bond motifs is 1. The van der Waals surface area contributed by atoms with Crippen LogP contribution >= 0.6 is 24.0 Å². The van der Waals surface area contributed by atoms with E-state index in [9.17, 15) is 4.39 Å². The number of guanidine groups is 1. The van der Waals surface area contributed by atoms with Gasteiger partial charge in [-0.1, -0.05) is 0 Å². The molecule has 0 amide bonds. The van der Waals surface area contributed by atoms with E-state index in [4.69, 9.17) is 4.74 Å². The zero-order valence-corrected chi connectivity index (χ0v) is 17.9. The predicted octanol–water partition coefficient (Wildman–Crippen LogP) is 2.50. The first kappa shape index (κ1) is 21.4. The van der Waals surface area contributed by atoms with Crippen LogP contribution in [-0.2, 0) is 19.5 Å². The van der Waals surface area contributed by atoms with E-state index in [1.165, 1.54) is 25.0 Å². The molecule has 0 bridgehead atoms. The molecule has 0 saturated heterocycles. The monoisotopic (exact) mass is 488 g/mol. The smallest absolute Gasteiger partial charge is 0.191 e. The van der Waals surface area contributed by atoms with Gasteiger partial charge in [-0.05, 0) is 44.0 Å². The SMILES string of the molecule is CN=C(NCc1nnc2n1CCCC2)NCC(C)Oc1ccc(F)cc1.I. The van der Waals surface area contributed by atoms with Gasteiger partial charge in [0.1, 0.15) is 23.5 Å². The summed E-state index contributed by atoms with van der Waals surface area (Å²) < 4.78 is 20.9. The van der Waals surface area contributed by atoms with Crippen molar-refractivity contribution in [3.05, 3.63) is 41.7 Å². The van der Waals surface area contributed by atoms with Crippen molar-refractivity contribution in [1.82, 2.24) is 25.4 Å². The quantitative estimate of drug-likeness (QED) is 0.372. The molecule has 1 aromatic carbocycles. The third-order valence-corrected chi connectivity index (χ3v) is 4.28. The normalized spacial score (nSPS) is 14.7. The summed E-state index contributed by atoms with van der Waals surface area (Å²) in [6.45, 7) is 4.06. The van der Waals surface area contributed by atoms with Crippen molar-refractivity contribution in [3.63, 3.8) is 0 Å². The Morgan fingerprint density at radius 1 is 1.26 bits per heavy atom. The first-order chi connectivity index (χ1) is 12.7. The second-order valence-corrected chi connectivity index (χ2v) is 6.33. The van der Waals surface area contributed by atoms with Crippen LogP contribution < -0.4 is 15.4 Å². The molecule has 27 heavy (non-hydrogen) atoms. The average Bonchev–Trinajstić information content (AvgIpc) is 3.07. The van der Waals surface area contributed by atoms with Crippen molar-refractivity contribution in [3.8, 4) is 5.75 Å². The van der Waals surface area contributed by atoms with E-state index in [0.717, 1.165) is 24.6 Å². The molecule has 0 fully saturated rings. The number of aliphatic imine (C=N–C) groups is 1. The van der Waals surface area contributed by atoms with Crippen LogP contribution in [0.4, 0.5) is 4.39 Å².